The van der Waals surface area contributed by atoms with Gasteiger partial charge in [0.05, 0.1) is 5.60 Å². The van der Waals surface area contributed by atoms with Crippen LogP contribution in [0.2, 0.25) is 0 Å². The van der Waals surface area contributed by atoms with Crippen molar-refractivity contribution in [2.24, 2.45) is 17.3 Å². The molecular weight excluding hydrogens is 232 g/mol. The Morgan fingerprint density at radius 1 is 1.21 bits per heavy atom. The Morgan fingerprint density at radius 2 is 1.89 bits per heavy atom. The van der Waals surface area contributed by atoms with Crippen molar-refractivity contribution in [1.82, 2.24) is 0 Å². The van der Waals surface area contributed by atoms with Crippen molar-refractivity contribution in [3.63, 3.8) is 0 Å². The number of rotatable bonds is 6. The van der Waals surface area contributed by atoms with Gasteiger partial charge in [-0.25, -0.2) is 0 Å². The predicted molar refractivity (Wildman–Crippen MR) is 84.3 cm³/mol. The summed E-state index contributed by atoms with van der Waals surface area (Å²) >= 11 is 0. The van der Waals surface area contributed by atoms with Crippen LogP contribution < -0.4 is 0 Å². The van der Waals surface area contributed by atoms with E-state index in [0.29, 0.717) is 11.8 Å². The molecule has 0 aromatic rings. The Kier molecular flexibility index (Phi) is 6.36. The summed E-state index contributed by atoms with van der Waals surface area (Å²) in [5.74, 6) is 1.19. The van der Waals surface area contributed by atoms with Crippen molar-refractivity contribution >= 4 is 0 Å². The number of unbranched alkanes of at least 4 members (excludes halogenated alkanes) is 1. The van der Waals surface area contributed by atoms with Crippen LogP contribution in [-0.2, 0) is 0 Å². The maximum absolute atomic E-state index is 11.3. The minimum absolute atomic E-state index is 0.234. The van der Waals surface area contributed by atoms with Crippen LogP contribution in [0.3, 0.4) is 0 Å². The molecule has 0 heterocycles. The highest BCUT2D eigenvalue weighted by Gasteiger charge is 2.45. The highest BCUT2D eigenvalue weighted by molar-refractivity contribution is 4.96. The first-order valence-electron chi connectivity index (χ1n) is 8.56. The topological polar surface area (TPSA) is 20.2 Å². The maximum Gasteiger partial charge on any atom is 0.0683 e. The first kappa shape index (κ1) is 17.0. The van der Waals surface area contributed by atoms with Gasteiger partial charge in [0.15, 0.2) is 0 Å². The Bertz CT molecular complexity index is 253. The molecule has 1 fully saturated rings. The van der Waals surface area contributed by atoms with Crippen molar-refractivity contribution in [3.8, 4) is 0 Å². The van der Waals surface area contributed by atoms with E-state index >= 15 is 0 Å². The molecule has 0 aliphatic heterocycles. The van der Waals surface area contributed by atoms with Crippen molar-refractivity contribution < 1.29 is 5.11 Å². The summed E-state index contributed by atoms with van der Waals surface area (Å²) in [4.78, 5) is 0. The molecule has 1 rings (SSSR count). The van der Waals surface area contributed by atoms with Crippen molar-refractivity contribution in [3.05, 3.63) is 0 Å². The van der Waals surface area contributed by atoms with Gasteiger partial charge in [0, 0.05) is 0 Å². The van der Waals surface area contributed by atoms with Gasteiger partial charge in [-0.3, -0.25) is 0 Å². The van der Waals surface area contributed by atoms with Gasteiger partial charge in [0.1, 0.15) is 0 Å². The maximum atomic E-state index is 11.3. The van der Waals surface area contributed by atoms with E-state index in [9.17, 15) is 5.11 Å². The predicted octanol–water partition coefficient (Wildman–Crippen LogP) is 5.56. The van der Waals surface area contributed by atoms with Gasteiger partial charge < -0.3 is 5.11 Å². The molecule has 0 bridgehead atoms. The van der Waals surface area contributed by atoms with Gasteiger partial charge in [0.25, 0.3) is 0 Å². The van der Waals surface area contributed by atoms with Crippen LogP contribution in [0.1, 0.15) is 92.4 Å². The second kappa shape index (κ2) is 7.11. The molecule has 3 unspecified atom stereocenters. The van der Waals surface area contributed by atoms with Crippen molar-refractivity contribution in [1.29, 1.82) is 0 Å². The average molecular weight is 268 g/mol. The molecular formula is C18H36O. The Labute approximate surface area is 121 Å². The molecule has 114 valence electrons. The summed E-state index contributed by atoms with van der Waals surface area (Å²) in [7, 11) is 0. The van der Waals surface area contributed by atoms with Crippen LogP contribution in [0.25, 0.3) is 0 Å². The summed E-state index contributed by atoms with van der Waals surface area (Å²) in [5.41, 5.74) is -0.164. The van der Waals surface area contributed by atoms with Gasteiger partial charge in [-0.1, -0.05) is 73.1 Å². The van der Waals surface area contributed by atoms with E-state index in [1.165, 1.54) is 44.9 Å². The number of hydrogen-bond acceptors (Lipinski definition) is 1. The van der Waals surface area contributed by atoms with Crippen LogP contribution in [0, 0.1) is 17.3 Å². The monoisotopic (exact) mass is 268 g/mol. The van der Waals surface area contributed by atoms with E-state index in [1.54, 1.807) is 0 Å². The standard InChI is InChI=1S/C18H36O/c1-6-8-11-15(7-2)14-18(19)13-10-9-12-16(18)17(3,4)5/h15-16,19H,6-14H2,1-5H3. The third-order valence-corrected chi connectivity index (χ3v) is 5.23. The lowest BCUT2D eigenvalue weighted by molar-refractivity contribution is -0.105. The summed E-state index contributed by atoms with van der Waals surface area (Å²) in [6, 6.07) is 0. The van der Waals surface area contributed by atoms with Gasteiger partial charge in [-0.15, -0.1) is 0 Å². The quantitative estimate of drug-likeness (QED) is 0.668. The van der Waals surface area contributed by atoms with Gasteiger partial charge in [-0.05, 0) is 36.5 Å². The molecule has 1 N–H and O–H groups in total. The Morgan fingerprint density at radius 3 is 2.42 bits per heavy atom. The zero-order valence-corrected chi connectivity index (χ0v) is 14.0. The van der Waals surface area contributed by atoms with Crippen LogP contribution in [0.4, 0.5) is 0 Å². The fourth-order valence-electron chi connectivity index (χ4n) is 4.15. The first-order valence-corrected chi connectivity index (χ1v) is 8.56. The second-order valence-electron chi connectivity index (χ2n) is 7.89. The van der Waals surface area contributed by atoms with Crippen LogP contribution in [-0.4, -0.2) is 10.7 Å². The van der Waals surface area contributed by atoms with Crippen molar-refractivity contribution in [2.45, 2.75) is 98.0 Å². The number of hydrogen-bond donors (Lipinski definition) is 1. The third-order valence-electron chi connectivity index (χ3n) is 5.23. The van der Waals surface area contributed by atoms with E-state index < -0.39 is 5.60 Å². The molecule has 1 heteroatoms. The zero-order valence-electron chi connectivity index (χ0n) is 14.0. The minimum atomic E-state index is -0.398. The molecule has 0 radical (unpaired) electrons. The van der Waals surface area contributed by atoms with E-state index in [0.717, 1.165) is 12.8 Å². The van der Waals surface area contributed by atoms with Crippen LogP contribution in [0.15, 0.2) is 0 Å². The van der Waals surface area contributed by atoms with Gasteiger partial charge in [-0.2, -0.15) is 0 Å². The van der Waals surface area contributed by atoms with E-state index in [-0.39, 0.29) is 5.41 Å². The lowest BCUT2D eigenvalue weighted by Crippen LogP contribution is -2.48. The molecule has 1 saturated carbocycles. The smallest absolute Gasteiger partial charge is 0.0683 e. The molecule has 0 saturated heterocycles. The normalized spacial score (nSPS) is 30.3. The summed E-state index contributed by atoms with van der Waals surface area (Å²) in [6.07, 6.45) is 10.9. The Balaban J connectivity index is 2.73. The van der Waals surface area contributed by atoms with E-state index in [1.807, 2.05) is 0 Å². The fraction of sp³-hybridized carbons (Fsp3) is 1.00. The molecule has 0 spiro atoms. The SMILES string of the molecule is CCCCC(CC)CC1(O)CCCCC1C(C)(C)C. The summed E-state index contributed by atoms with van der Waals surface area (Å²) < 4.78 is 0. The van der Waals surface area contributed by atoms with Crippen LogP contribution >= 0.6 is 0 Å². The molecule has 1 aliphatic rings. The van der Waals surface area contributed by atoms with E-state index in [4.69, 9.17) is 0 Å². The van der Waals surface area contributed by atoms with Crippen molar-refractivity contribution in [2.75, 3.05) is 0 Å². The lowest BCUT2D eigenvalue weighted by Gasteiger charge is -2.48. The van der Waals surface area contributed by atoms with Crippen LogP contribution in [0.5, 0.6) is 0 Å². The zero-order chi connectivity index (χ0) is 14.5. The third kappa shape index (κ3) is 4.77. The summed E-state index contributed by atoms with van der Waals surface area (Å²) in [6.45, 7) is 11.5. The largest absolute Gasteiger partial charge is 0.390 e. The fourth-order valence-corrected chi connectivity index (χ4v) is 4.15. The molecule has 19 heavy (non-hydrogen) atoms. The molecule has 0 aromatic heterocycles. The molecule has 0 amide bonds. The average Bonchev–Trinajstić information content (AvgIpc) is 2.33. The molecule has 1 aliphatic carbocycles. The molecule has 3 atom stereocenters. The molecule has 0 aromatic carbocycles. The van der Waals surface area contributed by atoms with Gasteiger partial charge >= 0.3 is 0 Å². The minimum Gasteiger partial charge on any atom is -0.390 e. The highest BCUT2D eigenvalue weighted by Crippen LogP contribution is 2.47. The second-order valence-corrected chi connectivity index (χ2v) is 7.89. The summed E-state index contributed by atoms with van der Waals surface area (Å²) in [5, 5.41) is 11.3. The van der Waals surface area contributed by atoms with E-state index in [2.05, 4.69) is 34.6 Å². The Hall–Kier alpha value is -0.0400. The van der Waals surface area contributed by atoms with Gasteiger partial charge in [0.2, 0.25) is 0 Å². The lowest BCUT2D eigenvalue weighted by atomic mass is 9.61. The number of aliphatic hydroxyl groups is 1. The molecule has 1 nitrogen and oxygen atoms in total. The highest BCUT2D eigenvalue weighted by atomic mass is 16.3. The first-order chi connectivity index (χ1) is 8.83.